The number of rotatable bonds is 7. The number of piperazine rings is 1. The molecule has 7 nitrogen and oxygen atoms in total. The summed E-state index contributed by atoms with van der Waals surface area (Å²) in [6.07, 6.45) is 2.94. The largest absolute Gasteiger partial charge is 0.443 e. The summed E-state index contributed by atoms with van der Waals surface area (Å²) in [5, 5.41) is 3.27. The Morgan fingerprint density at radius 2 is 1.41 bits per heavy atom. The number of ketones is 1. The molecule has 0 unspecified atom stereocenters. The Balaban J connectivity index is 1.80. The summed E-state index contributed by atoms with van der Waals surface area (Å²) in [7, 11) is 0. The molecule has 2 aliphatic rings. The number of nitrogens with one attached hydrogen (secondary N) is 1. The Labute approximate surface area is 194 Å². The van der Waals surface area contributed by atoms with Gasteiger partial charge in [0.25, 0.3) is 0 Å². The van der Waals surface area contributed by atoms with Crippen LogP contribution in [0.5, 0.6) is 0 Å². The van der Waals surface area contributed by atoms with Crippen LogP contribution >= 0.6 is 0 Å². The van der Waals surface area contributed by atoms with Gasteiger partial charge in [-0.25, -0.2) is 4.79 Å². The number of carbonyl (C=O) groups is 3. The van der Waals surface area contributed by atoms with Crippen molar-refractivity contribution in [2.45, 2.75) is 86.2 Å². The molecule has 0 aliphatic carbocycles. The second kappa shape index (κ2) is 10.5. The zero-order chi connectivity index (χ0) is 24.2. The fraction of sp³-hybridized carbons (Fsp3) is 0.880. The molecule has 184 valence electrons. The molecule has 0 bridgehead atoms. The Morgan fingerprint density at radius 3 is 1.94 bits per heavy atom. The molecule has 2 saturated heterocycles. The highest BCUT2D eigenvalue weighted by Crippen LogP contribution is 2.31. The molecule has 0 atom stereocenters. The maximum atomic E-state index is 12.9. The molecule has 1 N–H and O–H groups in total. The number of hydrogen-bond acceptors (Lipinski definition) is 5. The summed E-state index contributed by atoms with van der Waals surface area (Å²) < 4.78 is 5.84. The minimum atomic E-state index is -0.656. The molecule has 0 spiro atoms. The van der Waals surface area contributed by atoms with Crippen molar-refractivity contribution in [2.75, 3.05) is 39.3 Å². The number of amides is 2. The van der Waals surface area contributed by atoms with Gasteiger partial charge in [-0.3, -0.25) is 9.59 Å². The standard InChI is InChI=1S/C25H45N3O4/c1-23(2,3)18-20(29)19-8-14-28(15-9-19)22(31)32-25(6,7)11-10-24(4,5)21(30)27-16-12-26-13-17-27/h19,26H,8-18H2,1-7H3. The van der Waals surface area contributed by atoms with Crippen LogP contribution in [0.3, 0.4) is 0 Å². The van der Waals surface area contributed by atoms with E-state index in [0.29, 0.717) is 51.0 Å². The van der Waals surface area contributed by atoms with Gasteiger partial charge in [0, 0.05) is 57.0 Å². The van der Waals surface area contributed by atoms with E-state index in [4.69, 9.17) is 4.74 Å². The van der Waals surface area contributed by atoms with Crippen LogP contribution in [-0.4, -0.2) is 72.5 Å². The number of ether oxygens (including phenoxy) is 1. The number of piperidine rings is 1. The van der Waals surface area contributed by atoms with E-state index in [1.165, 1.54) is 0 Å². The van der Waals surface area contributed by atoms with Gasteiger partial charge in [0.15, 0.2) is 0 Å². The Morgan fingerprint density at radius 1 is 0.844 bits per heavy atom. The first kappa shape index (κ1) is 26.6. The topological polar surface area (TPSA) is 79.0 Å². The molecule has 0 radical (unpaired) electrons. The summed E-state index contributed by atoms with van der Waals surface area (Å²) in [6.45, 7) is 18.3. The highest BCUT2D eigenvalue weighted by molar-refractivity contribution is 5.82. The zero-order valence-corrected chi connectivity index (χ0v) is 21.4. The van der Waals surface area contributed by atoms with Crippen molar-refractivity contribution in [1.29, 1.82) is 0 Å². The van der Waals surface area contributed by atoms with Crippen molar-refractivity contribution in [3.63, 3.8) is 0 Å². The Bertz CT molecular complexity index is 667. The SMILES string of the molecule is CC(C)(C)CC(=O)C1CCN(C(=O)OC(C)(C)CCC(C)(C)C(=O)N2CCNCC2)CC1. The predicted octanol–water partition coefficient (Wildman–Crippen LogP) is 3.86. The Kier molecular flexibility index (Phi) is 8.76. The molecule has 2 amide bonds. The van der Waals surface area contributed by atoms with Crippen molar-refractivity contribution in [1.82, 2.24) is 15.1 Å². The van der Waals surface area contributed by atoms with Gasteiger partial charge in [-0.05, 0) is 44.9 Å². The van der Waals surface area contributed by atoms with Crippen LogP contribution in [0.2, 0.25) is 0 Å². The lowest BCUT2D eigenvalue weighted by Gasteiger charge is -2.37. The van der Waals surface area contributed by atoms with Gasteiger partial charge >= 0.3 is 6.09 Å². The van der Waals surface area contributed by atoms with Crippen LogP contribution in [0, 0.1) is 16.7 Å². The second-order valence-corrected chi connectivity index (χ2v) is 12.0. The quantitative estimate of drug-likeness (QED) is 0.636. The monoisotopic (exact) mass is 451 g/mol. The molecular weight excluding hydrogens is 406 g/mol. The smallest absolute Gasteiger partial charge is 0.410 e. The molecule has 0 saturated carbocycles. The normalized spacial score (nSPS) is 19.1. The molecule has 0 aromatic carbocycles. The van der Waals surface area contributed by atoms with Crippen molar-refractivity contribution in [3.8, 4) is 0 Å². The van der Waals surface area contributed by atoms with Crippen LogP contribution in [-0.2, 0) is 14.3 Å². The number of hydrogen-bond donors (Lipinski definition) is 1. The first-order chi connectivity index (χ1) is 14.7. The van der Waals surface area contributed by atoms with Gasteiger partial charge in [-0.2, -0.15) is 0 Å². The van der Waals surface area contributed by atoms with Gasteiger partial charge in [0.05, 0.1) is 0 Å². The molecule has 32 heavy (non-hydrogen) atoms. The van der Waals surface area contributed by atoms with Crippen LogP contribution in [0.1, 0.15) is 80.6 Å². The van der Waals surface area contributed by atoms with Crippen LogP contribution in [0.15, 0.2) is 0 Å². The van der Waals surface area contributed by atoms with Crippen molar-refractivity contribution in [3.05, 3.63) is 0 Å². The number of Topliss-reactive ketones (excluding diaryl/α,β-unsaturated/α-hetero) is 1. The van der Waals surface area contributed by atoms with E-state index in [-0.39, 0.29) is 23.3 Å². The van der Waals surface area contributed by atoms with E-state index < -0.39 is 11.0 Å². The molecule has 0 aromatic rings. The summed E-state index contributed by atoms with van der Waals surface area (Å²) in [5.74, 6) is 0.522. The van der Waals surface area contributed by atoms with E-state index in [0.717, 1.165) is 26.2 Å². The lowest BCUT2D eigenvalue weighted by atomic mass is 9.82. The van der Waals surface area contributed by atoms with E-state index in [1.54, 1.807) is 4.90 Å². The van der Waals surface area contributed by atoms with Gasteiger partial charge in [0.2, 0.25) is 5.91 Å². The summed E-state index contributed by atoms with van der Waals surface area (Å²) in [6, 6.07) is 0. The third-order valence-electron chi connectivity index (χ3n) is 6.61. The van der Waals surface area contributed by atoms with Gasteiger partial charge in [-0.1, -0.05) is 34.6 Å². The molecule has 2 rings (SSSR count). The maximum absolute atomic E-state index is 12.9. The minimum absolute atomic E-state index is 0.00276. The molecular formula is C25H45N3O4. The average Bonchev–Trinajstić information content (AvgIpc) is 2.71. The fourth-order valence-corrected chi connectivity index (χ4v) is 4.42. The van der Waals surface area contributed by atoms with Gasteiger partial charge < -0.3 is 19.9 Å². The van der Waals surface area contributed by atoms with Crippen molar-refractivity contribution < 1.29 is 19.1 Å². The maximum Gasteiger partial charge on any atom is 0.410 e. The fourth-order valence-electron chi connectivity index (χ4n) is 4.42. The predicted molar refractivity (Wildman–Crippen MR) is 126 cm³/mol. The highest BCUT2D eigenvalue weighted by atomic mass is 16.6. The second-order valence-electron chi connectivity index (χ2n) is 12.0. The molecule has 2 fully saturated rings. The lowest BCUT2D eigenvalue weighted by molar-refractivity contribution is -0.142. The Hall–Kier alpha value is -1.63. The molecule has 7 heteroatoms. The zero-order valence-electron chi connectivity index (χ0n) is 21.4. The van der Waals surface area contributed by atoms with Crippen LogP contribution in [0.25, 0.3) is 0 Å². The summed E-state index contributed by atoms with van der Waals surface area (Å²) in [5.41, 5.74) is -1.15. The van der Waals surface area contributed by atoms with Crippen LogP contribution in [0.4, 0.5) is 4.79 Å². The van der Waals surface area contributed by atoms with Crippen molar-refractivity contribution in [2.24, 2.45) is 16.7 Å². The van der Waals surface area contributed by atoms with Gasteiger partial charge in [0.1, 0.15) is 11.4 Å². The van der Waals surface area contributed by atoms with E-state index in [1.807, 2.05) is 32.6 Å². The first-order valence-corrected chi connectivity index (χ1v) is 12.2. The number of nitrogens with zero attached hydrogens (tertiary/aromatic N) is 2. The molecule has 2 aliphatic heterocycles. The molecule has 0 aromatic heterocycles. The number of carbonyl (C=O) groups excluding carboxylic acids is 3. The summed E-state index contributed by atoms with van der Waals surface area (Å²) >= 11 is 0. The number of likely N-dealkylation sites (tertiary alicyclic amines) is 1. The van der Waals surface area contributed by atoms with Crippen LogP contribution < -0.4 is 5.32 Å². The molecule has 2 heterocycles. The third-order valence-corrected chi connectivity index (χ3v) is 6.61. The first-order valence-electron chi connectivity index (χ1n) is 12.2. The minimum Gasteiger partial charge on any atom is -0.443 e. The van der Waals surface area contributed by atoms with E-state index in [2.05, 4.69) is 26.1 Å². The average molecular weight is 452 g/mol. The highest BCUT2D eigenvalue weighted by Gasteiger charge is 2.36. The third kappa shape index (κ3) is 8.05. The van der Waals surface area contributed by atoms with E-state index in [9.17, 15) is 14.4 Å². The van der Waals surface area contributed by atoms with Gasteiger partial charge in [-0.15, -0.1) is 0 Å². The van der Waals surface area contributed by atoms with Crippen molar-refractivity contribution >= 4 is 17.8 Å². The summed E-state index contributed by atoms with van der Waals surface area (Å²) in [4.78, 5) is 41.8. The van der Waals surface area contributed by atoms with E-state index >= 15 is 0 Å². The lowest BCUT2D eigenvalue weighted by Crippen LogP contribution is -2.51.